The minimum atomic E-state index is 0.776. The molecule has 0 spiro atoms. The molecule has 100 valence electrons. The second-order valence-electron chi connectivity index (χ2n) is 4.46. The third kappa shape index (κ3) is 5.87. The Kier molecular flexibility index (Phi) is 7.98. The number of nitrogens with one attached hydrogen (secondary N) is 1. The van der Waals surface area contributed by atoms with Crippen LogP contribution in [0.2, 0.25) is 0 Å². The lowest BCUT2D eigenvalue weighted by molar-refractivity contribution is 0.202. The maximum Gasteiger partial charge on any atom is 0.0503 e. The van der Waals surface area contributed by atoms with Crippen LogP contribution in [0.5, 0.6) is 0 Å². The Morgan fingerprint density at radius 3 is 2.83 bits per heavy atom. The van der Waals surface area contributed by atoms with Gasteiger partial charge >= 0.3 is 0 Å². The zero-order chi connectivity index (χ0) is 13.1. The summed E-state index contributed by atoms with van der Waals surface area (Å²) in [5.74, 6) is 0. The summed E-state index contributed by atoms with van der Waals surface area (Å²) in [6.45, 7) is 5.56. The van der Waals surface area contributed by atoms with Crippen LogP contribution in [0.1, 0.15) is 31.2 Å². The molecule has 0 atom stereocenters. The quantitative estimate of drug-likeness (QED) is 0.498. The standard InChI is InChI=1S/C16H25NO/c1-3-4-5-6-9-13-17-16-11-8-7-10-15(16)12-14-18-2/h3,7-8,10-11,17H,1,4-6,9,12-14H2,2H3. The van der Waals surface area contributed by atoms with Gasteiger partial charge in [0.2, 0.25) is 0 Å². The van der Waals surface area contributed by atoms with Gasteiger partial charge in [-0.2, -0.15) is 0 Å². The molecule has 1 rings (SSSR count). The molecule has 0 fully saturated rings. The molecule has 0 saturated heterocycles. The molecule has 1 aromatic rings. The van der Waals surface area contributed by atoms with Crippen LogP contribution in [0.15, 0.2) is 36.9 Å². The molecule has 1 aromatic carbocycles. The molecular formula is C16H25NO. The lowest BCUT2D eigenvalue weighted by Gasteiger charge is -2.11. The second-order valence-corrected chi connectivity index (χ2v) is 4.46. The van der Waals surface area contributed by atoms with Crippen LogP contribution in [0.25, 0.3) is 0 Å². The zero-order valence-corrected chi connectivity index (χ0v) is 11.5. The third-order valence-electron chi connectivity index (χ3n) is 2.99. The van der Waals surface area contributed by atoms with Crippen molar-refractivity contribution >= 4 is 5.69 Å². The van der Waals surface area contributed by atoms with Gasteiger partial charge in [0.1, 0.15) is 0 Å². The number of methoxy groups -OCH3 is 1. The van der Waals surface area contributed by atoms with Crippen molar-refractivity contribution in [2.75, 3.05) is 25.6 Å². The molecule has 0 heterocycles. The van der Waals surface area contributed by atoms with Crippen molar-refractivity contribution in [3.63, 3.8) is 0 Å². The number of rotatable bonds is 10. The molecular weight excluding hydrogens is 222 g/mol. The predicted octanol–water partition coefficient (Wildman–Crippen LogP) is 4.03. The van der Waals surface area contributed by atoms with Crippen LogP contribution in [0.3, 0.4) is 0 Å². The van der Waals surface area contributed by atoms with E-state index in [0.29, 0.717) is 0 Å². The van der Waals surface area contributed by atoms with Gasteiger partial charge < -0.3 is 10.1 Å². The van der Waals surface area contributed by atoms with Crippen LogP contribution >= 0.6 is 0 Å². The highest BCUT2D eigenvalue weighted by atomic mass is 16.5. The largest absolute Gasteiger partial charge is 0.385 e. The van der Waals surface area contributed by atoms with Crippen molar-refractivity contribution in [3.8, 4) is 0 Å². The number of unbranched alkanes of at least 4 members (excludes halogenated alkanes) is 3. The minimum Gasteiger partial charge on any atom is -0.385 e. The predicted molar refractivity (Wildman–Crippen MR) is 79.2 cm³/mol. The van der Waals surface area contributed by atoms with Gasteiger partial charge in [0.25, 0.3) is 0 Å². The van der Waals surface area contributed by atoms with E-state index < -0.39 is 0 Å². The fourth-order valence-electron chi connectivity index (χ4n) is 1.94. The molecule has 2 nitrogen and oxygen atoms in total. The number of ether oxygens (including phenoxy) is 1. The first-order valence-electron chi connectivity index (χ1n) is 6.80. The monoisotopic (exact) mass is 247 g/mol. The Hall–Kier alpha value is -1.28. The zero-order valence-electron chi connectivity index (χ0n) is 11.5. The molecule has 0 amide bonds. The highest BCUT2D eigenvalue weighted by Gasteiger charge is 2.00. The molecule has 18 heavy (non-hydrogen) atoms. The summed E-state index contributed by atoms with van der Waals surface area (Å²) in [7, 11) is 1.75. The number of benzene rings is 1. The van der Waals surface area contributed by atoms with Crippen LogP contribution in [-0.2, 0) is 11.2 Å². The van der Waals surface area contributed by atoms with E-state index in [2.05, 4.69) is 36.2 Å². The Morgan fingerprint density at radius 1 is 1.22 bits per heavy atom. The number of para-hydroxylation sites is 1. The van der Waals surface area contributed by atoms with Crippen LogP contribution in [-0.4, -0.2) is 20.3 Å². The number of hydrogen-bond donors (Lipinski definition) is 1. The maximum atomic E-state index is 5.13. The van der Waals surface area contributed by atoms with E-state index in [1.165, 1.54) is 30.5 Å². The minimum absolute atomic E-state index is 0.776. The summed E-state index contributed by atoms with van der Waals surface area (Å²) >= 11 is 0. The van der Waals surface area contributed by atoms with Crippen LogP contribution in [0.4, 0.5) is 5.69 Å². The van der Waals surface area contributed by atoms with Gasteiger partial charge in [-0.15, -0.1) is 6.58 Å². The molecule has 0 aliphatic rings. The van der Waals surface area contributed by atoms with Gasteiger partial charge in [-0.1, -0.05) is 30.7 Å². The van der Waals surface area contributed by atoms with E-state index in [9.17, 15) is 0 Å². The lowest BCUT2D eigenvalue weighted by Crippen LogP contribution is -2.05. The van der Waals surface area contributed by atoms with Crippen molar-refractivity contribution < 1.29 is 4.74 Å². The van der Waals surface area contributed by atoms with Crippen molar-refractivity contribution in [2.24, 2.45) is 0 Å². The van der Waals surface area contributed by atoms with Gasteiger partial charge in [-0.05, 0) is 37.3 Å². The van der Waals surface area contributed by atoms with E-state index in [0.717, 1.165) is 26.0 Å². The summed E-state index contributed by atoms with van der Waals surface area (Å²) in [6, 6.07) is 8.48. The number of allylic oxidation sites excluding steroid dienone is 1. The molecule has 0 unspecified atom stereocenters. The Labute approximate surface area is 111 Å². The summed E-state index contributed by atoms with van der Waals surface area (Å²) in [6.07, 6.45) is 7.82. The van der Waals surface area contributed by atoms with E-state index in [4.69, 9.17) is 4.74 Å². The molecule has 0 radical (unpaired) electrons. The molecule has 0 bridgehead atoms. The number of hydrogen-bond acceptors (Lipinski definition) is 2. The fourth-order valence-corrected chi connectivity index (χ4v) is 1.94. The molecule has 0 aliphatic heterocycles. The maximum absolute atomic E-state index is 5.13. The normalized spacial score (nSPS) is 10.3. The van der Waals surface area contributed by atoms with Crippen molar-refractivity contribution in [1.29, 1.82) is 0 Å². The first-order valence-corrected chi connectivity index (χ1v) is 6.80. The molecule has 0 aliphatic carbocycles. The van der Waals surface area contributed by atoms with Gasteiger partial charge in [0.05, 0.1) is 6.61 Å². The topological polar surface area (TPSA) is 21.3 Å². The third-order valence-corrected chi connectivity index (χ3v) is 2.99. The average Bonchev–Trinajstić information content (AvgIpc) is 2.41. The van der Waals surface area contributed by atoms with Gasteiger partial charge in [0, 0.05) is 19.3 Å². The average molecular weight is 247 g/mol. The van der Waals surface area contributed by atoms with E-state index in [1.54, 1.807) is 7.11 Å². The highest BCUT2D eigenvalue weighted by molar-refractivity contribution is 5.51. The Balaban J connectivity index is 2.29. The lowest BCUT2D eigenvalue weighted by atomic mass is 10.1. The van der Waals surface area contributed by atoms with E-state index in [-0.39, 0.29) is 0 Å². The second kappa shape index (κ2) is 9.72. The highest BCUT2D eigenvalue weighted by Crippen LogP contribution is 2.16. The Morgan fingerprint density at radius 2 is 2.06 bits per heavy atom. The summed E-state index contributed by atoms with van der Waals surface area (Å²) in [5.41, 5.74) is 2.59. The number of anilines is 1. The Bertz CT molecular complexity index is 336. The van der Waals surface area contributed by atoms with Gasteiger partial charge in [-0.3, -0.25) is 0 Å². The first kappa shape index (κ1) is 14.8. The smallest absolute Gasteiger partial charge is 0.0503 e. The van der Waals surface area contributed by atoms with E-state index in [1.807, 2.05) is 6.08 Å². The molecule has 1 N–H and O–H groups in total. The fraction of sp³-hybridized carbons (Fsp3) is 0.500. The molecule has 0 aromatic heterocycles. The van der Waals surface area contributed by atoms with E-state index >= 15 is 0 Å². The first-order chi connectivity index (χ1) is 8.88. The summed E-state index contributed by atoms with van der Waals surface area (Å²) < 4.78 is 5.13. The van der Waals surface area contributed by atoms with Crippen molar-refractivity contribution in [2.45, 2.75) is 32.1 Å². The van der Waals surface area contributed by atoms with Gasteiger partial charge in [0.15, 0.2) is 0 Å². The van der Waals surface area contributed by atoms with Crippen LogP contribution in [0, 0.1) is 0 Å². The van der Waals surface area contributed by atoms with Crippen LogP contribution < -0.4 is 5.32 Å². The summed E-state index contributed by atoms with van der Waals surface area (Å²) in [5, 5.41) is 3.52. The van der Waals surface area contributed by atoms with Crippen molar-refractivity contribution in [3.05, 3.63) is 42.5 Å². The van der Waals surface area contributed by atoms with Gasteiger partial charge in [-0.25, -0.2) is 0 Å². The molecule has 2 heteroatoms. The molecule has 0 saturated carbocycles. The summed E-state index contributed by atoms with van der Waals surface area (Å²) in [4.78, 5) is 0. The van der Waals surface area contributed by atoms with Crippen molar-refractivity contribution in [1.82, 2.24) is 0 Å². The SMILES string of the molecule is C=CCCCCCNc1ccccc1CCOC.